The third-order valence-electron chi connectivity index (χ3n) is 3.64. The molecule has 0 aliphatic carbocycles. The van der Waals surface area contributed by atoms with Crippen LogP contribution >= 0.6 is 0 Å². The van der Waals surface area contributed by atoms with Crippen LogP contribution in [0.5, 0.6) is 11.5 Å². The van der Waals surface area contributed by atoms with E-state index in [1.807, 2.05) is 18.2 Å². The number of aromatic hydroxyl groups is 1. The van der Waals surface area contributed by atoms with Crippen LogP contribution in [0.2, 0.25) is 0 Å². The van der Waals surface area contributed by atoms with Gasteiger partial charge in [0.25, 0.3) is 0 Å². The second kappa shape index (κ2) is 5.72. The molecule has 0 amide bonds. The normalized spacial score (nSPS) is 11.3. The molecule has 2 aromatic carbocycles. The first-order valence-corrected chi connectivity index (χ1v) is 7.26. The highest BCUT2D eigenvalue weighted by molar-refractivity contribution is 5.87. The van der Waals surface area contributed by atoms with Gasteiger partial charge in [0.15, 0.2) is 0 Å². The van der Waals surface area contributed by atoms with E-state index < -0.39 is 0 Å². The Morgan fingerprint density at radius 3 is 2.64 bits per heavy atom. The predicted octanol–water partition coefficient (Wildman–Crippen LogP) is 4.65. The Morgan fingerprint density at radius 2 is 1.91 bits per heavy atom. The molecule has 0 unspecified atom stereocenters. The van der Waals surface area contributed by atoms with Crippen LogP contribution in [0.1, 0.15) is 25.6 Å². The minimum absolute atomic E-state index is 0.227. The summed E-state index contributed by atoms with van der Waals surface area (Å²) in [6.45, 7) is 4.47. The fourth-order valence-electron chi connectivity index (χ4n) is 2.73. The molecule has 114 valence electrons. The number of ether oxygens (including phenoxy) is 1. The zero-order valence-corrected chi connectivity index (χ0v) is 12.6. The molecule has 22 heavy (non-hydrogen) atoms. The molecule has 0 aliphatic rings. The Bertz CT molecular complexity index is 808. The van der Waals surface area contributed by atoms with Crippen LogP contribution < -0.4 is 4.74 Å². The standard InChI is InChI=1S/C18H18FNO2/c1-12(2)20-14(10-16-17(20)7-4-8-18(16)21)11-22-15-6-3-5-13(19)9-15/h3-10,12,21H,11H2,1-2H3. The molecule has 0 aliphatic heterocycles. The average molecular weight is 299 g/mol. The predicted molar refractivity (Wildman–Crippen MR) is 84.7 cm³/mol. The van der Waals surface area contributed by atoms with Crippen molar-refractivity contribution in [2.45, 2.75) is 26.5 Å². The molecule has 3 rings (SSSR count). The zero-order chi connectivity index (χ0) is 15.7. The number of rotatable bonds is 4. The second-order valence-electron chi connectivity index (χ2n) is 5.56. The summed E-state index contributed by atoms with van der Waals surface area (Å²) in [5.41, 5.74) is 1.91. The van der Waals surface area contributed by atoms with Crippen LogP contribution in [0, 0.1) is 5.82 Å². The third kappa shape index (κ3) is 2.64. The molecule has 3 aromatic rings. The van der Waals surface area contributed by atoms with E-state index in [1.165, 1.54) is 12.1 Å². The summed E-state index contributed by atoms with van der Waals surface area (Å²) in [7, 11) is 0. The van der Waals surface area contributed by atoms with Gasteiger partial charge < -0.3 is 14.4 Å². The number of nitrogens with zero attached hydrogens (tertiary/aromatic N) is 1. The van der Waals surface area contributed by atoms with E-state index in [0.717, 1.165) is 16.6 Å². The first-order chi connectivity index (χ1) is 10.6. The smallest absolute Gasteiger partial charge is 0.128 e. The number of halogens is 1. The minimum Gasteiger partial charge on any atom is -0.507 e. The average Bonchev–Trinajstić information content (AvgIpc) is 2.85. The summed E-state index contributed by atoms with van der Waals surface area (Å²) in [5, 5.41) is 10.8. The van der Waals surface area contributed by atoms with E-state index in [0.29, 0.717) is 12.4 Å². The van der Waals surface area contributed by atoms with Crippen molar-refractivity contribution in [2.75, 3.05) is 0 Å². The molecule has 1 N–H and O–H groups in total. The number of fused-ring (bicyclic) bond motifs is 1. The largest absolute Gasteiger partial charge is 0.507 e. The van der Waals surface area contributed by atoms with Crippen LogP contribution in [0.15, 0.2) is 48.5 Å². The Hall–Kier alpha value is -2.49. The molecule has 0 fully saturated rings. The minimum atomic E-state index is -0.320. The van der Waals surface area contributed by atoms with E-state index in [2.05, 4.69) is 18.4 Å². The second-order valence-corrected chi connectivity index (χ2v) is 5.56. The summed E-state index contributed by atoms with van der Waals surface area (Å²) in [6, 6.07) is 13.7. The van der Waals surface area contributed by atoms with Crippen molar-refractivity contribution in [1.82, 2.24) is 4.57 Å². The molecule has 1 heterocycles. The van der Waals surface area contributed by atoms with Gasteiger partial charge in [-0.2, -0.15) is 0 Å². The molecular weight excluding hydrogens is 281 g/mol. The number of aromatic nitrogens is 1. The van der Waals surface area contributed by atoms with Crippen LogP contribution in [-0.2, 0) is 6.61 Å². The quantitative estimate of drug-likeness (QED) is 0.761. The first kappa shape index (κ1) is 14.4. The number of phenolic OH excluding ortho intramolecular Hbond substituents is 1. The monoisotopic (exact) mass is 299 g/mol. The van der Waals surface area contributed by atoms with Gasteiger partial charge in [-0.25, -0.2) is 4.39 Å². The number of hydrogen-bond acceptors (Lipinski definition) is 2. The molecule has 3 nitrogen and oxygen atoms in total. The lowest BCUT2D eigenvalue weighted by molar-refractivity contribution is 0.291. The molecular formula is C18H18FNO2. The Kier molecular flexibility index (Phi) is 3.75. The fraction of sp³-hybridized carbons (Fsp3) is 0.222. The van der Waals surface area contributed by atoms with Gasteiger partial charge in [0.05, 0.1) is 11.2 Å². The van der Waals surface area contributed by atoms with Crippen molar-refractivity contribution >= 4 is 10.9 Å². The van der Waals surface area contributed by atoms with Crippen LogP contribution in [0.25, 0.3) is 10.9 Å². The van der Waals surface area contributed by atoms with Crippen molar-refractivity contribution in [2.24, 2.45) is 0 Å². The zero-order valence-electron chi connectivity index (χ0n) is 12.6. The highest BCUT2D eigenvalue weighted by atomic mass is 19.1. The van der Waals surface area contributed by atoms with Gasteiger partial charge in [-0.3, -0.25) is 0 Å². The van der Waals surface area contributed by atoms with Crippen molar-refractivity contribution in [3.8, 4) is 11.5 Å². The fourth-order valence-corrected chi connectivity index (χ4v) is 2.73. The highest BCUT2D eigenvalue weighted by Crippen LogP contribution is 2.31. The van der Waals surface area contributed by atoms with Gasteiger partial charge in [-0.1, -0.05) is 12.1 Å². The molecule has 0 spiro atoms. The SMILES string of the molecule is CC(C)n1c(COc2cccc(F)c2)cc2c(O)cccc21. The van der Waals surface area contributed by atoms with Gasteiger partial charge in [0.2, 0.25) is 0 Å². The van der Waals surface area contributed by atoms with Crippen molar-refractivity contribution in [3.05, 3.63) is 60.0 Å². The lowest BCUT2D eigenvalue weighted by atomic mass is 10.2. The molecule has 0 saturated heterocycles. The van der Waals surface area contributed by atoms with Crippen molar-refractivity contribution < 1.29 is 14.2 Å². The van der Waals surface area contributed by atoms with Crippen LogP contribution in [0.4, 0.5) is 4.39 Å². The summed E-state index contributed by atoms with van der Waals surface area (Å²) in [6.07, 6.45) is 0. The summed E-state index contributed by atoms with van der Waals surface area (Å²) >= 11 is 0. The lowest BCUT2D eigenvalue weighted by Crippen LogP contribution is -2.08. The topological polar surface area (TPSA) is 34.4 Å². The molecule has 0 atom stereocenters. The van der Waals surface area contributed by atoms with Gasteiger partial charge in [-0.15, -0.1) is 0 Å². The number of benzene rings is 2. The van der Waals surface area contributed by atoms with E-state index in [1.54, 1.807) is 18.2 Å². The summed E-state index contributed by atoms with van der Waals surface area (Å²) < 4.78 is 21.0. The summed E-state index contributed by atoms with van der Waals surface area (Å²) in [5.74, 6) is 0.424. The van der Waals surface area contributed by atoms with Gasteiger partial charge in [0.1, 0.15) is 23.9 Å². The molecule has 4 heteroatoms. The van der Waals surface area contributed by atoms with Crippen molar-refractivity contribution in [3.63, 3.8) is 0 Å². The maximum Gasteiger partial charge on any atom is 0.128 e. The van der Waals surface area contributed by atoms with Gasteiger partial charge >= 0.3 is 0 Å². The van der Waals surface area contributed by atoms with Crippen LogP contribution in [0.3, 0.4) is 0 Å². The Morgan fingerprint density at radius 1 is 1.14 bits per heavy atom. The number of hydrogen-bond donors (Lipinski definition) is 1. The van der Waals surface area contributed by atoms with Gasteiger partial charge in [0, 0.05) is 17.5 Å². The molecule has 0 radical (unpaired) electrons. The Labute approximate surface area is 128 Å². The van der Waals surface area contributed by atoms with Crippen molar-refractivity contribution in [1.29, 1.82) is 0 Å². The first-order valence-electron chi connectivity index (χ1n) is 7.26. The van der Waals surface area contributed by atoms with E-state index in [4.69, 9.17) is 4.74 Å². The lowest BCUT2D eigenvalue weighted by Gasteiger charge is -2.15. The van der Waals surface area contributed by atoms with E-state index in [9.17, 15) is 9.50 Å². The van der Waals surface area contributed by atoms with E-state index in [-0.39, 0.29) is 17.6 Å². The maximum atomic E-state index is 13.2. The number of phenols is 1. The molecule has 1 aromatic heterocycles. The molecule has 0 bridgehead atoms. The third-order valence-corrected chi connectivity index (χ3v) is 3.64. The van der Waals surface area contributed by atoms with Gasteiger partial charge in [-0.05, 0) is 44.2 Å². The summed E-state index contributed by atoms with van der Waals surface area (Å²) in [4.78, 5) is 0. The molecule has 0 saturated carbocycles. The van der Waals surface area contributed by atoms with E-state index >= 15 is 0 Å². The van der Waals surface area contributed by atoms with Crippen LogP contribution in [-0.4, -0.2) is 9.67 Å². The maximum absolute atomic E-state index is 13.2. The highest BCUT2D eigenvalue weighted by Gasteiger charge is 2.14. The Balaban J connectivity index is 1.96.